The van der Waals surface area contributed by atoms with Crippen LogP contribution < -0.4 is 5.32 Å². The van der Waals surface area contributed by atoms with Gasteiger partial charge in [0, 0.05) is 16.5 Å². The number of aromatic hydroxyl groups is 1. The lowest BCUT2D eigenvalue weighted by Crippen LogP contribution is -2.14. The van der Waals surface area contributed by atoms with Crippen molar-refractivity contribution in [3.63, 3.8) is 0 Å². The normalized spacial score (nSPS) is 10.3. The Morgan fingerprint density at radius 2 is 1.47 bits per heavy atom. The van der Waals surface area contributed by atoms with Gasteiger partial charge in [0.15, 0.2) is 0 Å². The maximum Gasteiger partial charge on any atom is 0.337 e. The summed E-state index contributed by atoms with van der Waals surface area (Å²) in [6, 6.07) is 11.5. The predicted molar refractivity (Wildman–Crippen MR) is 108 cm³/mol. The summed E-state index contributed by atoms with van der Waals surface area (Å²) in [5, 5.41) is 16.6. The molecule has 0 atom stereocenters. The number of hydrogen-bond acceptors (Lipinski definition) is 8. The van der Waals surface area contributed by atoms with Crippen LogP contribution in [-0.4, -0.2) is 37.2 Å². The van der Waals surface area contributed by atoms with Crippen molar-refractivity contribution in [2.45, 2.75) is 0 Å². The molecular weight excluding hydrogens is 392 g/mol. The van der Waals surface area contributed by atoms with Gasteiger partial charge in [-0.2, -0.15) is 0 Å². The maximum absolute atomic E-state index is 12.8. The SMILES string of the molecule is COC(=O)c1cc(NC(=O)c2cc(N=O)c3ccccc3c2O)cc(C(=O)OC)c1. The fraction of sp³-hybridized carbons (Fsp3) is 0.0952. The zero-order chi connectivity index (χ0) is 21.8. The summed E-state index contributed by atoms with van der Waals surface area (Å²) in [5.74, 6) is -2.57. The number of amides is 1. The molecule has 30 heavy (non-hydrogen) atoms. The van der Waals surface area contributed by atoms with E-state index in [9.17, 15) is 24.4 Å². The highest BCUT2D eigenvalue weighted by Crippen LogP contribution is 2.36. The van der Waals surface area contributed by atoms with Gasteiger partial charge in [-0.25, -0.2) is 9.59 Å². The highest BCUT2D eigenvalue weighted by molar-refractivity contribution is 6.12. The van der Waals surface area contributed by atoms with Gasteiger partial charge in [0.1, 0.15) is 11.4 Å². The summed E-state index contributed by atoms with van der Waals surface area (Å²) in [6.07, 6.45) is 0. The maximum atomic E-state index is 12.8. The summed E-state index contributed by atoms with van der Waals surface area (Å²) in [5.41, 5.74) is -0.127. The summed E-state index contributed by atoms with van der Waals surface area (Å²) in [7, 11) is 2.35. The number of fused-ring (bicyclic) bond motifs is 1. The number of methoxy groups -OCH3 is 2. The van der Waals surface area contributed by atoms with E-state index in [4.69, 9.17) is 0 Å². The number of nitroso groups, excluding NO2 is 1. The Morgan fingerprint density at radius 1 is 0.900 bits per heavy atom. The lowest BCUT2D eigenvalue weighted by atomic mass is 10.0. The third-order valence-electron chi connectivity index (χ3n) is 4.37. The molecule has 0 aliphatic rings. The Labute approximate surface area is 170 Å². The second kappa shape index (κ2) is 8.39. The number of nitrogens with one attached hydrogen (secondary N) is 1. The van der Waals surface area contributed by atoms with Crippen LogP contribution in [0.3, 0.4) is 0 Å². The number of anilines is 1. The van der Waals surface area contributed by atoms with Crippen LogP contribution in [0.2, 0.25) is 0 Å². The molecule has 0 fully saturated rings. The van der Waals surface area contributed by atoms with Crippen molar-refractivity contribution < 1.29 is 29.0 Å². The number of esters is 2. The Balaban J connectivity index is 2.06. The van der Waals surface area contributed by atoms with Crippen molar-refractivity contribution in [3.05, 3.63) is 70.1 Å². The van der Waals surface area contributed by atoms with Gasteiger partial charge in [0.25, 0.3) is 5.91 Å². The monoisotopic (exact) mass is 408 g/mol. The molecule has 0 saturated heterocycles. The minimum atomic E-state index is -0.777. The molecule has 2 N–H and O–H groups in total. The topological polar surface area (TPSA) is 131 Å². The van der Waals surface area contributed by atoms with Gasteiger partial charge in [-0.3, -0.25) is 4.79 Å². The number of nitrogens with zero attached hydrogens (tertiary/aromatic N) is 1. The number of phenolic OH excluding ortho intramolecular Hbond substituents is 1. The molecule has 0 aliphatic heterocycles. The fourth-order valence-corrected chi connectivity index (χ4v) is 2.96. The van der Waals surface area contributed by atoms with Crippen LogP contribution in [0.15, 0.2) is 53.7 Å². The Hall–Kier alpha value is -4.27. The molecule has 152 valence electrons. The molecule has 0 bridgehead atoms. The second-order valence-corrected chi connectivity index (χ2v) is 6.17. The highest BCUT2D eigenvalue weighted by atomic mass is 16.5. The molecule has 0 saturated carbocycles. The molecular formula is C21H16N2O7. The molecule has 3 aromatic carbocycles. The lowest BCUT2D eigenvalue weighted by molar-refractivity contribution is 0.0599. The number of hydrogen-bond donors (Lipinski definition) is 2. The van der Waals surface area contributed by atoms with Crippen molar-refractivity contribution in [3.8, 4) is 5.75 Å². The first-order valence-corrected chi connectivity index (χ1v) is 8.60. The molecule has 0 heterocycles. The zero-order valence-electron chi connectivity index (χ0n) is 16.0. The van der Waals surface area contributed by atoms with E-state index >= 15 is 0 Å². The van der Waals surface area contributed by atoms with Crippen LogP contribution in [0.1, 0.15) is 31.1 Å². The van der Waals surface area contributed by atoms with Crippen LogP contribution >= 0.6 is 0 Å². The van der Waals surface area contributed by atoms with Crippen molar-refractivity contribution in [2.75, 3.05) is 19.5 Å². The van der Waals surface area contributed by atoms with Crippen LogP contribution in [0.5, 0.6) is 5.75 Å². The largest absolute Gasteiger partial charge is 0.506 e. The van der Waals surface area contributed by atoms with Crippen molar-refractivity contribution >= 4 is 40.0 Å². The molecule has 9 heteroatoms. The number of benzene rings is 3. The standard InChI is InChI=1S/C21H16N2O7/c1-29-20(26)11-7-12(21(27)30-2)9-13(8-11)22-19(25)16-10-17(23-28)14-5-3-4-6-15(14)18(16)24/h3-10,24H,1-2H3,(H,22,25). The van der Waals surface area contributed by atoms with Gasteiger partial charge >= 0.3 is 11.9 Å². The quantitative estimate of drug-likeness (QED) is 0.485. The van der Waals surface area contributed by atoms with E-state index in [0.717, 1.165) is 6.07 Å². The van der Waals surface area contributed by atoms with Gasteiger partial charge in [0.05, 0.1) is 30.9 Å². The summed E-state index contributed by atoms with van der Waals surface area (Å²) in [6.45, 7) is 0. The minimum absolute atomic E-state index is 0.00804. The number of carbonyl (C=O) groups excluding carboxylic acids is 3. The first-order valence-electron chi connectivity index (χ1n) is 8.60. The van der Waals surface area contributed by atoms with Gasteiger partial charge in [-0.1, -0.05) is 24.3 Å². The van der Waals surface area contributed by atoms with E-state index in [1.54, 1.807) is 24.3 Å². The molecule has 0 unspecified atom stereocenters. The Bertz CT molecular complexity index is 1150. The molecule has 0 radical (unpaired) electrons. The van der Waals surface area contributed by atoms with Crippen molar-refractivity contribution in [2.24, 2.45) is 5.18 Å². The summed E-state index contributed by atoms with van der Waals surface area (Å²) in [4.78, 5) is 47.8. The van der Waals surface area contributed by atoms with Gasteiger partial charge < -0.3 is 19.9 Å². The van der Waals surface area contributed by atoms with E-state index in [-0.39, 0.29) is 39.2 Å². The van der Waals surface area contributed by atoms with Crippen molar-refractivity contribution in [1.29, 1.82) is 0 Å². The van der Waals surface area contributed by atoms with Crippen LogP contribution in [0.25, 0.3) is 10.8 Å². The van der Waals surface area contributed by atoms with Gasteiger partial charge in [-0.05, 0) is 29.4 Å². The molecule has 0 aromatic heterocycles. The Kier molecular flexibility index (Phi) is 5.73. The molecule has 3 rings (SSSR count). The second-order valence-electron chi connectivity index (χ2n) is 6.17. The zero-order valence-corrected chi connectivity index (χ0v) is 16.0. The molecule has 1 amide bonds. The molecule has 9 nitrogen and oxygen atoms in total. The first-order chi connectivity index (χ1) is 14.4. The van der Waals surface area contributed by atoms with Crippen LogP contribution in [0.4, 0.5) is 11.4 Å². The number of phenols is 1. The van der Waals surface area contributed by atoms with E-state index < -0.39 is 17.8 Å². The molecule has 0 spiro atoms. The van der Waals surface area contributed by atoms with E-state index in [1.807, 2.05) is 0 Å². The minimum Gasteiger partial charge on any atom is -0.506 e. The predicted octanol–water partition coefficient (Wildman–Crippen LogP) is 3.77. The fourth-order valence-electron chi connectivity index (χ4n) is 2.96. The molecule has 0 aliphatic carbocycles. The average molecular weight is 408 g/mol. The summed E-state index contributed by atoms with van der Waals surface area (Å²) < 4.78 is 9.31. The molecule has 3 aromatic rings. The Morgan fingerprint density at radius 3 is 2.00 bits per heavy atom. The lowest BCUT2D eigenvalue weighted by Gasteiger charge is -2.12. The van der Waals surface area contributed by atoms with Crippen molar-refractivity contribution in [1.82, 2.24) is 0 Å². The third kappa shape index (κ3) is 3.81. The third-order valence-corrected chi connectivity index (χ3v) is 4.37. The van der Waals surface area contributed by atoms with E-state index in [1.165, 1.54) is 32.4 Å². The number of carbonyl (C=O) groups is 3. The van der Waals surface area contributed by atoms with E-state index in [2.05, 4.69) is 20.0 Å². The first kappa shape index (κ1) is 20.5. The van der Waals surface area contributed by atoms with Crippen LogP contribution in [-0.2, 0) is 9.47 Å². The van der Waals surface area contributed by atoms with Gasteiger partial charge in [0.2, 0.25) is 0 Å². The van der Waals surface area contributed by atoms with Crippen LogP contribution in [0, 0.1) is 4.91 Å². The number of ether oxygens (including phenoxy) is 2. The van der Waals surface area contributed by atoms with Gasteiger partial charge in [-0.15, -0.1) is 4.91 Å². The smallest absolute Gasteiger partial charge is 0.337 e. The highest BCUT2D eigenvalue weighted by Gasteiger charge is 2.20. The average Bonchev–Trinajstić information content (AvgIpc) is 2.78. The van der Waals surface area contributed by atoms with E-state index in [0.29, 0.717) is 5.39 Å². The number of rotatable bonds is 5. The summed E-state index contributed by atoms with van der Waals surface area (Å²) >= 11 is 0.